The number of carbonyl (C=O) groups is 3. The molecule has 0 bridgehead atoms. The molecule has 0 saturated heterocycles. The van der Waals surface area contributed by atoms with Crippen LogP contribution in [0, 0.1) is 0 Å². The van der Waals surface area contributed by atoms with Gasteiger partial charge in [0.25, 0.3) is 0 Å². The first-order valence-electron chi connectivity index (χ1n) is 28.4. The predicted octanol–water partition coefficient (Wildman–Crippen LogP) is 16.9. The lowest BCUT2D eigenvalue weighted by Gasteiger charge is -2.21. The SMILES string of the molecule is CC/C=C\C/C=C\C/C=C\C/C=C\C/C=C\CCCC(=O)OCC(COP(=O)(O)OCC(CO)OC(=O)C/C=C\C/C=C\C/C=C\C/C=C\C/C=C\CC)OC(=O)CCCCCCCCC/C=C\C/C=C\C/C=C\CC. The molecule has 0 heterocycles. The second-order valence-electron chi connectivity index (χ2n) is 18.0. The summed E-state index contributed by atoms with van der Waals surface area (Å²) >= 11 is 0. The fraction of sp³-hybridized carbons (Fsp3) is 0.547. The molecule has 0 amide bonds. The van der Waals surface area contributed by atoms with E-state index in [2.05, 4.69) is 148 Å². The number of hydrogen-bond acceptors (Lipinski definition) is 10. The monoisotopic (exact) mass is 1070 g/mol. The molecule has 0 fully saturated rings. The molecule has 0 spiro atoms. The van der Waals surface area contributed by atoms with Crippen LogP contribution in [0.1, 0.15) is 188 Å². The van der Waals surface area contributed by atoms with E-state index in [0.717, 1.165) is 122 Å². The maximum Gasteiger partial charge on any atom is 0.472 e. The summed E-state index contributed by atoms with van der Waals surface area (Å²) in [7, 11) is -4.80. The van der Waals surface area contributed by atoms with E-state index < -0.39 is 57.8 Å². The fourth-order valence-electron chi connectivity index (χ4n) is 6.77. The Bertz CT molecular complexity index is 1880. The summed E-state index contributed by atoms with van der Waals surface area (Å²) in [6.45, 7) is 4.09. The molecule has 0 radical (unpaired) electrons. The molecule has 0 aromatic rings. The minimum absolute atomic E-state index is 0.0683. The summed E-state index contributed by atoms with van der Waals surface area (Å²) in [6, 6.07) is 0. The third-order valence-corrected chi connectivity index (χ3v) is 11.9. The molecule has 11 nitrogen and oxygen atoms in total. The van der Waals surface area contributed by atoms with E-state index >= 15 is 0 Å². The van der Waals surface area contributed by atoms with Crippen LogP contribution >= 0.6 is 7.82 Å². The Balaban J connectivity index is 4.94. The van der Waals surface area contributed by atoms with E-state index in [-0.39, 0.29) is 25.9 Å². The fourth-order valence-corrected chi connectivity index (χ4v) is 7.56. The molecular formula is C64H99O11P. The van der Waals surface area contributed by atoms with Crippen molar-refractivity contribution in [1.82, 2.24) is 0 Å². The highest BCUT2D eigenvalue weighted by molar-refractivity contribution is 7.47. The standard InChI is InChI=1S/C64H99O11P/c1-4-7-10-13-16-19-22-25-28-30-33-35-38-41-44-47-50-53-62(66)71-57-61(75-64(68)55-52-49-46-43-40-37-34-31-29-26-23-20-17-14-11-8-5-2)59-73-76(69,70)72-58-60(56-65)74-63(67)54-51-48-45-42-39-36-32-27-24-21-18-15-12-9-6-3/h7-12,16-21,25-29,32-33,35,39,41-42,44,48,51,60-61,65H,4-6,13-15,22-24,30-31,34,36-38,40,43,45-47,49-50,52-59H2,1-3H3,(H,69,70)/b10-7-,11-8-,12-9-,19-16-,20-17-,21-18-,28-25-,29-26-,32-27-,35-33-,42-39-,44-41-,51-48-. The average Bonchev–Trinajstić information content (AvgIpc) is 3.41. The number of aliphatic hydroxyl groups is 1. The van der Waals surface area contributed by atoms with Crippen molar-refractivity contribution in [3.63, 3.8) is 0 Å². The third kappa shape index (κ3) is 53.9. The van der Waals surface area contributed by atoms with E-state index in [1.54, 1.807) is 6.08 Å². The van der Waals surface area contributed by atoms with Gasteiger partial charge in [-0.25, -0.2) is 4.57 Å². The molecule has 0 aliphatic carbocycles. The molecule has 3 atom stereocenters. The first-order valence-corrected chi connectivity index (χ1v) is 29.9. The van der Waals surface area contributed by atoms with Gasteiger partial charge in [0.1, 0.15) is 12.7 Å². The number of carbonyl (C=O) groups excluding carboxylic acids is 3. The Labute approximate surface area is 460 Å². The number of ether oxygens (including phenoxy) is 3. The number of phosphoric acid groups is 1. The Kier molecular flexibility index (Phi) is 52.7. The number of allylic oxidation sites excluding steroid dienone is 25. The summed E-state index contributed by atoms with van der Waals surface area (Å²) < 4.78 is 39.3. The van der Waals surface area contributed by atoms with Gasteiger partial charge in [-0.2, -0.15) is 0 Å². The van der Waals surface area contributed by atoms with E-state index in [9.17, 15) is 28.9 Å². The van der Waals surface area contributed by atoms with Gasteiger partial charge in [-0.3, -0.25) is 23.4 Å². The molecule has 0 aromatic carbocycles. The van der Waals surface area contributed by atoms with Crippen molar-refractivity contribution in [3.05, 3.63) is 158 Å². The van der Waals surface area contributed by atoms with E-state index in [0.29, 0.717) is 25.7 Å². The largest absolute Gasteiger partial charge is 0.472 e. The van der Waals surface area contributed by atoms with Crippen molar-refractivity contribution in [2.24, 2.45) is 0 Å². The zero-order valence-electron chi connectivity index (χ0n) is 46.9. The number of aliphatic hydroxyl groups excluding tert-OH is 1. The lowest BCUT2D eigenvalue weighted by molar-refractivity contribution is -0.161. The van der Waals surface area contributed by atoms with Gasteiger partial charge in [0.2, 0.25) is 0 Å². The van der Waals surface area contributed by atoms with Gasteiger partial charge in [0.15, 0.2) is 6.10 Å². The van der Waals surface area contributed by atoms with Crippen LogP contribution in [0.2, 0.25) is 0 Å². The molecule has 0 rings (SSSR count). The molecule has 0 aliphatic rings. The van der Waals surface area contributed by atoms with Crippen LogP contribution in [-0.4, -0.2) is 66.5 Å². The topological polar surface area (TPSA) is 155 Å². The van der Waals surface area contributed by atoms with Gasteiger partial charge in [0.05, 0.1) is 26.2 Å². The second kappa shape index (κ2) is 56.3. The third-order valence-electron chi connectivity index (χ3n) is 11.0. The minimum Gasteiger partial charge on any atom is -0.462 e. The minimum atomic E-state index is -4.80. The van der Waals surface area contributed by atoms with Crippen LogP contribution in [0.15, 0.2) is 158 Å². The molecule has 3 unspecified atom stereocenters. The summed E-state index contributed by atoms with van der Waals surface area (Å²) in [6.07, 6.45) is 73.8. The van der Waals surface area contributed by atoms with Crippen LogP contribution in [0.4, 0.5) is 0 Å². The molecule has 0 aliphatic heterocycles. The van der Waals surface area contributed by atoms with Crippen molar-refractivity contribution in [2.75, 3.05) is 26.4 Å². The number of rotatable bonds is 50. The van der Waals surface area contributed by atoms with Gasteiger partial charge in [-0.05, 0) is 116 Å². The molecule has 0 saturated carbocycles. The quantitative estimate of drug-likeness (QED) is 0.0197. The van der Waals surface area contributed by atoms with Crippen LogP contribution < -0.4 is 0 Å². The van der Waals surface area contributed by atoms with Crippen molar-refractivity contribution in [3.8, 4) is 0 Å². The number of unbranched alkanes of at least 4 members (excludes halogenated alkanes) is 8. The van der Waals surface area contributed by atoms with Crippen molar-refractivity contribution < 1.29 is 52.2 Å². The Morgan fingerprint density at radius 2 is 0.711 bits per heavy atom. The average molecular weight is 1080 g/mol. The lowest BCUT2D eigenvalue weighted by atomic mass is 10.1. The Morgan fingerprint density at radius 3 is 1.13 bits per heavy atom. The highest BCUT2D eigenvalue weighted by atomic mass is 31.2. The Hall–Kier alpha value is -4.90. The van der Waals surface area contributed by atoms with Crippen molar-refractivity contribution in [2.45, 2.75) is 200 Å². The highest BCUT2D eigenvalue weighted by Gasteiger charge is 2.28. The molecule has 76 heavy (non-hydrogen) atoms. The molecule has 12 heteroatoms. The predicted molar refractivity (Wildman–Crippen MR) is 315 cm³/mol. The Morgan fingerprint density at radius 1 is 0.382 bits per heavy atom. The smallest absolute Gasteiger partial charge is 0.462 e. The van der Waals surface area contributed by atoms with E-state index in [1.807, 2.05) is 24.3 Å². The van der Waals surface area contributed by atoms with Crippen LogP contribution in [0.5, 0.6) is 0 Å². The molecule has 0 aromatic heterocycles. The summed E-state index contributed by atoms with van der Waals surface area (Å²) in [5.41, 5.74) is 0. The molecular weight excluding hydrogens is 976 g/mol. The molecule has 426 valence electrons. The van der Waals surface area contributed by atoms with Crippen LogP contribution in [-0.2, 0) is 42.2 Å². The van der Waals surface area contributed by atoms with Crippen LogP contribution in [0.3, 0.4) is 0 Å². The van der Waals surface area contributed by atoms with Gasteiger partial charge in [-0.15, -0.1) is 0 Å². The summed E-state index contributed by atoms with van der Waals surface area (Å²) in [5, 5.41) is 9.79. The molecule has 2 N–H and O–H groups in total. The van der Waals surface area contributed by atoms with Crippen molar-refractivity contribution >= 4 is 25.7 Å². The number of phosphoric ester groups is 1. The normalized spacial score (nSPS) is 14.5. The zero-order chi connectivity index (χ0) is 55.5. The van der Waals surface area contributed by atoms with Gasteiger partial charge < -0.3 is 24.2 Å². The van der Waals surface area contributed by atoms with E-state index in [1.165, 1.54) is 0 Å². The zero-order valence-corrected chi connectivity index (χ0v) is 47.8. The van der Waals surface area contributed by atoms with Gasteiger partial charge in [-0.1, -0.05) is 211 Å². The summed E-state index contributed by atoms with van der Waals surface area (Å²) in [5.74, 6) is -1.71. The van der Waals surface area contributed by atoms with E-state index in [4.69, 9.17) is 23.3 Å². The van der Waals surface area contributed by atoms with Gasteiger partial charge >= 0.3 is 25.7 Å². The number of esters is 3. The van der Waals surface area contributed by atoms with Gasteiger partial charge in [0, 0.05) is 12.8 Å². The van der Waals surface area contributed by atoms with Crippen molar-refractivity contribution in [1.29, 1.82) is 0 Å². The first kappa shape index (κ1) is 71.1. The second-order valence-corrected chi connectivity index (χ2v) is 19.4. The van der Waals surface area contributed by atoms with Crippen LogP contribution in [0.25, 0.3) is 0 Å². The highest BCUT2D eigenvalue weighted by Crippen LogP contribution is 2.43. The first-order chi connectivity index (χ1) is 37.2. The number of hydrogen-bond donors (Lipinski definition) is 2. The maximum atomic E-state index is 12.9. The lowest BCUT2D eigenvalue weighted by Crippen LogP contribution is -2.30. The maximum absolute atomic E-state index is 12.9. The summed E-state index contributed by atoms with van der Waals surface area (Å²) in [4.78, 5) is 48.5.